The van der Waals surface area contributed by atoms with Crippen LogP contribution in [0.25, 0.3) is 11.3 Å². The normalized spacial score (nSPS) is 25.2. The largest absolute Gasteiger partial charge is 0.463 e. The highest BCUT2D eigenvalue weighted by atomic mass is 16.3. The summed E-state index contributed by atoms with van der Waals surface area (Å²) in [4.78, 5) is 25.2. The van der Waals surface area contributed by atoms with Gasteiger partial charge >= 0.3 is 0 Å². The molecular weight excluding hydrogens is 312 g/mol. The molecule has 0 radical (unpaired) electrons. The maximum atomic E-state index is 12.7. The molecule has 2 aliphatic carbocycles. The van der Waals surface area contributed by atoms with Crippen LogP contribution in [0.15, 0.2) is 22.8 Å². The predicted molar refractivity (Wildman–Crippen MR) is 82.5 cm³/mol. The summed E-state index contributed by atoms with van der Waals surface area (Å²) in [5, 5.41) is 30.3. The second-order valence-corrected chi connectivity index (χ2v) is 6.56. The molecule has 1 heterocycles. The van der Waals surface area contributed by atoms with E-state index in [9.17, 15) is 24.9 Å². The van der Waals surface area contributed by atoms with Crippen LogP contribution in [0.1, 0.15) is 63.3 Å². The summed E-state index contributed by atoms with van der Waals surface area (Å²) in [5.74, 6) is -1.29. The zero-order valence-electron chi connectivity index (χ0n) is 13.0. The molecule has 3 N–H and O–H groups in total. The van der Waals surface area contributed by atoms with Crippen molar-refractivity contribution in [2.75, 3.05) is 0 Å². The van der Waals surface area contributed by atoms with Crippen LogP contribution in [0, 0.1) is 0 Å². The first-order valence-corrected chi connectivity index (χ1v) is 7.75. The number of benzene rings is 1. The van der Waals surface area contributed by atoms with Gasteiger partial charge in [0.25, 0.3) is 0 Å². The average Bonchev–Trinajstić information content (AvgIpc) is 2.99. The fraction of sp³-hybridized carbons (Fsp3) is 0.333. The fourth-order valence-corrected chi connectivity index (χ4v) is 3.75. The van der Waals surface area contributed by atoms with Crippen LogP contribution in [-0.2, 0) is 12.2 Å². The maximum Gasteiger partial charge on any atom is 0.237 e. The summed E-state index contributed by atoms with van der Waals surface area (Å²) < 4.78 is 5.42. The highest BCUT2D eigenvalue weighted by molar-refractivity contribution is 6.53. The number of aliphatic hydroxyl groups is 3. The second-order valence-electron chi connectivity index (χ2n) is 6.56. The van der Waals surface area contributed by atoms with Gasteiger partial charge in [-0.1, -0.05) is 12.1 Å². The molecule has 2 atom stereocenters. The number of furan rings is 1. The molecule has 0 saturated heterocycles. The van der Waals surface area contributed by atoms with Gasteiger partial charge < -0.3 is 19.7 Å². The Morgan fingerprint density at radius 2 is 1.96 bits per heavy atom. The van der Waals surface area contributed by atoms with E-state index in [-0.39, 0.29) is 22.5 Å². The van der Waals surface area contributed by atoms with Gasteiger partial charge in [-0.3, -0.25) is 9.59 Å². The number of carbonyl (C=O) groups is 2. The van der Waals surface area contributed by atoms with E-state index in [1.54, 1.807) is 19.1 Å². The third kappa shape index (κ3) is 1.81. The van der Waals surface area contributed by atoms with Crippen molar-refractivity contribution in [3.05, 3.63) is 46.2 Å². The van der Waals surface area contributed by atoms with Crippen LogP contribution in [0.4, 0.5) is 0 Å². The Morgan fingerprint density at radius 1 is 1.25 bits per heavy atom. The first-order chi connectivity index (χ1) is 11.4. The Bertz CT molecular complexity index is 889. The van der Waals surface area contributed by atoms with Crippen molar-refractivity contribution in [3.63, 3.8) is 0 Å². The molecule has 1 aromatic carbocycles. The highest BCUT2D eigenvalue weighted by Gasteiger charge is 2.43. The van der Waals surface area contributed by atoms with Crippen LogP contribution in [0.3, 0.4) is 0 Å². The van der Waals surface area contributed by atoms with Crippen molar-refractivity contribution < 1.29 is 29.3 Å². The lowest BCUT2D eigenvalue weighted by Gasteiger charge is -2.36. The van der Waals surface area contributed by atoms with Gasteiger partial charge in [-0.05, 0) is 30.9 Å². The Hall–Kier alpha value is -2.28. The lowest BCUT2D eigenvalue weighted by atomic mass is 9.73. The molecule has 6 heteroatoms. The van der Waals surface area contributed by atoms with E-state index >= 15 is 0 Å². The molecule has 24 heavy (non-hydrogen) atoms. The van der Waals surface area contributed by atoms with Gasteiger partial charge in [-0.25, -0.2) is 0 Å². The Kier molecular flexibility index (Phi) is 3.09. The van der Waals surface area contributed by atoms with Gasteiger partial charge in [-0.2, -0.15) is 0 Å². The van der Waals surface area contributed by atoms with E-state index < -0.39 is 29.9 Å². The summed E-state index contributed by atoms with van der Waals surface area (Å²) in [5.41, 5.74) is 0.424. The van der Waals surface area contributed by atoms with E-state index in [2.05, 4.69) is 0 Å². The third-order valence-electron chi connectivity index (χ3n) is 5.01. The van der Waals surface area contributed by atoms with Crippen molar-refractivity contribution >= 4 is 11.6 Å². The number of rotatable bonds is 1. The number of hydrogen-bond donors (Lipinski definition) is 3. The fourth-order valence-electron chi connectivity index (χ4n) is 3.75. The molecule has 1 aromatic heterocycles. The summed E-state index contributed by atoms with van der Waals surface area (Å²) in [6.45, 7) is 1.22. The van der Waals surface area contributed by atoms with Crippen LogP contribution in [0.5, 0.6) is 0 Å². The predicted octanol–water partition coefficient (Wildman–Crippen LogP) is 1.85. The van der Waals surface area contributed by atoms with Gasteiger partial charge in [0.05, 0.1) is 30.1 Å². The molecule has 0 amide bonds. The lowest BCUT2D eigenvalue weighted by Crippen LogP contribution is -2.33. The average molecular weight is 328 g/mol. The number of hydrogen-bond acceptors (Lipinski definition) is 6. The standard InChI is InChI=1S/C18H16O6/c1-18(23)5-4-11(20)14-10(18)3-2-9-13(14)16(22)15(21)12-8(6-19)7-24-17(9)12/h2-3,7,11,19-20,23H,4-6H2,1H3. The number of carbonyl (C=O) groups excluding carboxylic acids is 2. The molecule has 6 nitrogen and oxygen atoms in total. The molecular formula is C18H16O6. The van der Waals surface area contributed by atoms with Crippen LogP contribution < -0.4 is 0 Å². The number of ketones is 2. The molecule has 2 aliphatic rings. The molecule has 2 aromatic rings. The Balaban J connectivity index is 2.07. The Labute approximate surface area is 137 Å². The van der Waals surface area contributed by atoms with Crippen molar-refractivity contribution in [3.8, 4) is 11.3 Å². The van der Waals surface area contributed by atoms with E-state index in [1.165, 1.54) is 6.26 Å². The third-order valence-corrected chi connectivity index (χ3v) is 5.01. The van der Waals surface area contributed by atoms with Crippen molar-refractivity contribution in [2.45, 2.75) is 38.1 Å². The molecule has 0 saturated carbocycles. The van der Waals surface area contributed by atoms with E-state index in [0.29, 0.717) is 29.5 Å². The first-order valence-electron chi connectivity index (χ1n) is 7.75. The number of aliphatic hydroxyl groups excluding tert-OH is 2. The second kappa shape index (κ2) is 4.86. The van der Waals surface area contributed by atoms with E-state index in [0.717, 1.165) is 0 Å². The van der Waals surface area contributed by atoms with Gasteiger partial charge in [0.2, 0.25) is 11.6 Å². The van der Waals surface area contributed by atoms with Crippen molar-refractivity contribution in [1.82, 2.24) is 0 Å². The molecule has 0 aliphatic heterocycles. The molecule has 2 unspecified atom stereocenters. The summed E-state index contributed by atoms with van der Waals surface area (Å²) in [6.07, 6.45) is 0.991. The van der Waals surface area contributed by atoms with Gasteiger partial charge in [0.15, 0.2) is 0 Å². The van der Waals surface area contributed by atoms with Crippen LogP contribution in [0.2, 0.25) is 0 Å². The topological polar surface area (TPSA) is 108 Å². The minimum absolute atomic E-state index is 0.0759. The number of fused-ring (bicyclic) bond motifs is 5. The zero-order chi connectivity index (χ0) is 17.2. The maximum absolute atomic E-state index is 12.7. The van der Waals surface area contributed by atoms with Crippen molar-refractivity contribution in [1.29, 1.82) is 0 Å². The number of Topliss-reactive ketones (excluding diaryl/α,β-unsaturated/α-hetero) is 2. The minimum atomic E-state index is -1.17. The molecule has 0 bridgehead atoms. The summed E-state index contributed by atoms with van der Waals surface area (Å²) >= 11 is 0. The molecule has 0 spiro atoms. The molecule has 0 fully saturated rings. The zero-order valence-corrected chi connectivity index (χ0v) is 13.0. The summed E-state index contributed by atoms with van der Waals surface area (Å²) in [7, 11) is 0. The monoisotopic (exact) mass is 328 g/mol. The summed E-state index contributed by atoms with van der Waals surface area (Å²) in [6, 6.07) is 3.28. The molecule has 4 rings (SSSR count). The smallest absolute Gasteiger partial charge is 0.237 e. The van der Waals surface area contributed by atoms with Crippen molar-refractivity contribution in [2.24, 2.45) is 0 Å². The first kappa shape index (κ1) is 15.3. The van der Waals surface area contributed by atoms with Gasteiger partial charge in [-0.15, -0.1) is 0 Å². The SMILES string of the molecule is CC1(O)CCC(O)c2c1ccc1c2C(=O)C(=O)c2c(CO)coc2-1. The van der Waals surface area contributed by atoms with E-state index in [4.69, 9.17) is 4.42 Å². The Morgan fingerprint density at radius 3 is 2.67 bits per heavy atom. The van der Waals surface area contributed by atoms with Crippen LogP contribution in [-0.4, -0.2) is 26.9 Å². The highest BCUT2D eigenvalue weighted by Crippen LogP contribution is 2.47. The van der Waals surface area contributed by atoms with Gasteiger partial charge in [0.1, 0.15) is 5.76 Å². The van der Waals surface area contributed by atoms with E-state index in [1.807, 2.05) is 0 Å². The quantitative estimate of drug-likeness (QED) is 0.690. The lowest BCUT2D eigenvalue weighted by molar-refractivity contribution is 0.00959. The van der Waals surface area contributed by atoms with Gasteiger partial charge in [0, 0.05) is 16.7 Å². The molecule has 124 valence electrons. The van der Waals surface area contributed by atoms with Crippen LogP contribution >= 0.6 is 0 Å². The minimum Gasteiger partial charge on any atom is -0.463 e.